The van der Waals surface area contributed by atoms with Crippen LogP contribution in [-0.2, 0) is 0 Å². The molecule has 1 unspecified atom stereocenters. The van der Waals surface area contributed by atoms with Gasteiger partial charge in [0.15, 0.2) is 5.95 Å². The predicted octanol–water partition coefficient (Wildman–Crippen LogP) is 1.62. The number of aromatic amines is 1. The van der Waals surface area contributed by atoms with Crippen LogP contribution in [0.15, 0.2) is 12.4 Å². The van der Waals surface area contributed by atoms with Gasteiger partial charge >= 0.3 is 0 Å². The van der Waals surface area contributed by atoms with Crippen LogP contribution in [0.2, 0.25) is 0 Å². The Morgan fingerprint density at radius 1 is 1.73 bits per heavy atom. The first-order valence-electron chi connectivity index (χ1n) is 3.94. The van der Waals surface area contributed by atoms with Crippen molar-refractivity contribution in [3.63, 3.8) is 0 Å². The maximum Gasteiger partial charge on any atom is 0.200 e. The summed E-state index contributed by atoms with van der Waals surface area (Å²) in [6, 6.07) is 0.605. The van der Waals surface area contributed by atoms with Gasteiger partial charge in [-0.2, -0.15) is 0 Å². The third kappa shape index (κ3) is 1.23. The Morgan fingerprint density at radius 3 is 2.91 bits per heavy atom. The topological polar surface area (TPSA) is 40.7 Å². The Labute approximate surface area is 66.2 Å². The number of nitrogens with one attached hydrogen (secondary N) is 2. The highest BCUT2D eigenvalue weighted by Gasteiger charge is 2.45. The van der Waals surface area contributed by atoms with E-state index in [-0.39, 0.29) is 0 Å². The van der Waals surface area contributed by atoms with E-state index in [2.05, 4.69) is 29.1 Å². The molecule has 3 nitrogen and oxygen atoms in total. The Kier molecular flexibility index (Phi) is 1.22. The summed E-state index contributed by atoms with van der Waals surface area (Å²) in [6.07, 6.45) is 4.84. The van der Waals surface area contributed by atoms with Crippen LogP contribution in [0.3, 0.4) is 0 Å². The molecule has 0 aliphatic heterocycles. The van der Waals surface area contributed by atoms with Gasteiger partial charge in [0.25, 0.3) is 0 Å². The van der Waals surface area contributed by atoms with Crippen molar-refractivity contribution in [2.45, 2.75) is 26.3 Å². The van der Waals surface area contributed by atoms with Crippen molar-refractivity contribution in [3.05, 3.63) is 12.4 Å². The molecule has 60 valence electrons. The number of hydrogen-bond acceptors (Lipinski definition) is 2. The predicted molar refractivity (Wildman–Crippen MR) is 44.4 cm³/mol. The molecular formula is C8H13N3. The Bertz CT molecular complexity index is 238. The van der Waals surface area contributed by atoms with E-state index < -0.39 is 0 Å². The summed E-state index contributed by atoms with van der Waals surface area (Å²) in [5.74, 6) is 0.889. The van der Waals surface area contributed by atoms with Crippen molar-refractivity contribution in [3.8, 4) is 0 Å². The fraction of sp³-hybridized carbons (Fsp3) is 0.625. The normalized spacial score (nSPS) is 26.5. The number of aromatic nitrogens is 2. The Balaban J connectivity index is 1.95. The molecule has 1 aliphatic rings. The molecule has 1 aromatic heterocycles. The third-order valence-electron chi connectivity index (χ3n) is 2.32. The van der Waals surface area contributed by atoms with E-state index in [1.165, 1.54) is 6.42 Å². The monoisotopic (exact) mass is 151 g/mol. The van der Waals surface area contributed by atoms with E-state index in [0.717, 1.165) is 5.95 Å². The molecule has 3 heteroatoms. The second-order valence-corrected chi connectivity index (χ2v) is 3.83. The molecule has 0 radical (unpaired) electrons. The fourth-order valence-electron chi connectivity index (χ4n) is 1.22. The molecule has 1 fully saturated rings. The zero-order chi connectivity index (χ0) is 7.90. The molecule has 0 spiro atoms. The first kappa shape index (κ1) is 6.70. The molecule has 2 rings (SSSR count). The minimum Gasteiger partial charge on any atom is -0.353 e. The lowest BCUT2D eigenvalue weighted by atomic mass is 10.2. The molecule has 0 saturated heterocycles. The van der Waals surface area contributed by atoms with E-state index in [9.17, 15) is 0 Å². The summed E-state index contributed by atoms with van der Waals surface area (Å²) in [6.45, 7) is 4.52. The van der Waals surface area contributed by atoms with Crippen LogP contribution in [0.25, 0.3) is 0 Å². The smallest absolute Gasteiger partial charge is 0.200 e. The summed E-state index contributed by atoms with van der Waals surface area (Å²) in [7, 11) is 0. The quantitative estimate of drug-likeness (QED) is 0.674. The number of imidazole rings is 1. The van der Waals surface area contributed by atoms with Crippen molar-refractivity contribution < 1.29 is 0 Å². The minimum atomic E-state index is 0.465. The van der Waals surface area contributed by atoms with Crippen LogP contribution in [0.4, 0.5) is 5.95 Å². The summed E-state index contributed by atoms with van der Waals surface area (Å²) in [4.78, 5) is 7.12. The summed E-state index contributed by atoms with van der Waals surface area (Å²) in [5, 5.41) is 3.32. The standard InChI is InChI=1S/C8H13N3/c1-8(2)5-6(8)11-7-9-3-4-10-7/h3-4,6H,5H2,1-2H3,(H2,9,10,11). The molecule has 1 aliphatic carbocycles. The average Bonchev–Trinajstić information content (AvgIpc) is 2.42. The van der Waals surface area contributed by atoms with Crippen molar-refractivity contribution in [1.82, 2.24) is 9.97 Å². The molecular weight excluding hydrogens is 138 g/mol. The maximum absolute atomic E-state index is 4.10. The molecule has 11 heavy (non-hydrogen) atoms. The van der Waals surface area contributed by atoms with E-state index in [4.69, 9.17) is 0 Å². The average molecular weight is 151 g/mol. The molecule has 2 N–H and O–H groups in total. The first-order chi connectivity index (χ1) is 5.18. The lowest BCUT2D eigenvalue weighted by Crippen LogP contribution is -2.09. The van der Waals surface area contributed by atoms with Crippen LogP contribution in [0.1, 0.15) is 20.3 Å². The largest absolute Gasteiger partial charge is 0.353 e. The maximum atomic E-state index is 4.10. The van der Waals surface area contributed by atoms with Crippen LogP contribution in [0, 0.1) is 5.41 Å². The van der Waals surface area contributed by atoms with E-state index in [1.807, 2.05) is 6.20 Å². The van der Waals surface area contributed by atoms with Crippen molar-refractivity contribution >= 4 is 5.95 Å². The molecule has 1 aromatic rings. The Hall–Kier alpha value is -0.990. The van der Waals surface area contributed by atoms with Crippen LogP contribution >= 0.6 is 0 Å². The minimum absolute atomic E-state index is 0.465. The lowest BCUT2D eigenvalue weighted by molar-refractivity contribution is 0.629. The third-order valence-corrected chi connectivity index (χ3v) is 2.32. The van der Waals surface area contributed by atoms with Crippen LogP contribution < -0.4 is 5.32 Å². The van der Waals surface area contributed by atoms with Crippen molar-refractivity contribution in [2.24, 2.45) is 5.41 Å². The van der Waals surface area contributed by atoms with Gasteiger partial charge in [-0.25, -0.2) is 4.98 Å². The zero-order valence-corrected chi connectivity index (χ0v) is 6.89. The number of H-pyrrole nitrogens is 1. The second kappa shape index (κ2) is 2.00. The molecule has 0 aromatic carbocycles. The zero-order valence-electron chi connectivity index (χ0n) is 6.89. The summed E-state index contributed by atoms with van der Waals surface area (Å²) < 4.78 is 0. The SMILES string of the molecule is CC1(C)CC1Nc1ncc[nH]1. The molecule has 0 bridgehead atoms. The van der Waals surface area contributed by atoms with Gasteiger partial charge in [-0.3, -0.25) is 0 Å². The fourth-order valence-corrected chi connectivity index (χ4v) is 1.22. The molecule has 1 saturated carbocycles. The molecule has 1 heterocycles. The highest BCUT2D eigenvalue weighted by Crippen LogP contribution is 2.46. The Morgan fingerprint density at radius 2 is 2.45 bits per heavy atom. The van der Waals surface area contributed by atoms with E-state index >= 15 is 0 Å². The molecule has 0 amide bonds. The molecule has 1 atom stereocenters. The van der Waals surface area contributed by atoms with Gasteiger partial charge in [0.2, 0.25) is 0 Å². The second-order valence-electron chi connectivity index (χ2n) is 3.83. The van der Waals surface area contributed by atoms with Gasteiger partial charge in [0, 0.05) is 18.4 Å². The highest BCUT2D eigenvalue weighted by molar-refractivity contribution is 5.30. The van der Waals surface area contributed by atoms with Crippen molar-refractivity contribution in [1.29, 1.82) is 0 Å². The highest BCUT2D eigenvalue weighted by atomic mass is 15.1. The number of hydrogen-bond donors (Lipinski definition) is 2. The summed E-state index contributed by atoms with van der Waals surface area (Å²) in [5.41, 5.74) is 0.465. The van der Waals surface area contributed by atoms with Gasteiger partial charge in [0.05, 0.1) is 0 Å². The van der Waals surface area contributed by atoms with E-state index in [1.54, 1.807) is 6.20 Å². The number of nitrogens with zero attached hydrogens (tertiary/aromatic N) is 1. The van der Waals surface area contributed by atoms with Crippen LogP contribution in [-0.4, -0.2) is 16.0 Å². The first-order valence-corrected chi connectivity index (χ1v) is 3.94. The van der Waals surface area contributed by atoms with E-state index in [0.29, 0.717) is 11.5 Å². The number of rotatable bonds is 2. The lowest BCUT2D eigenvalue weighted by Gasteiger charge is -2.03. The van der Waals surface area contributed by atoms with Gasteiger partial charge < -0.3 is 10.3 Å². The number of anilines is 1. The van der Waals surface area contributed by atoms with Crippen LogP contribution in [0.5, 0.6) is 0 Å². The summed E-state index contributed by atoms with van der Waals surface area (Å²) >= 11 is 0. The van der Waals surface area contributed by atoms with Gasteiger partial charge in [0.1, 0.15) is 0 Å². The van der Waals surface area contributed by atoms with Gasteiger partial charge in [-0.05, 0) is 11.8 Å². The van der Waals surface area contributed by atoms with Crippen molar-refractivity contribution in [2.75, 3.05) is 5.32 Å². The van der Waals surface area contributed by atoms with Gasteiger partial charge in [-0.1, -0.05) is 13.8 Å². The van der Waals surface area contributed by atoms with Gasteiger partial charge in [-0.15, -0.1) is 0 Å².